The van der Waals surface area contributed by atoms with Gasteiger partial charge < -0.3 is 10.1 Å². The first-order valence-corrected chi connectivity index (χ1v) is 7.74. The molecular formula is C15H27NO. The van der Waals surface area contributed by atoms with Gasteiger partial charge in [-0.15, -0.1) is 0 Å². The molecule has 17 heavy (non-hydrogen) atoms. The third kappa shape index (κ3) is 3.69. The van der Waals surface area contributed by atoms with Crippen LogP contribution < -0.4 is 5.32 Å². The lowest BCUT2D eigenvalue weighted by molar-refractivity contribution is 0.105. The van der Waals surface area contributed by atoms with Crippen LogP contribution in [0.25, 0.3) is 0 Å². The number of rotatable bonds is 9. The molecule has 0 aliphatic heterocycles. The molecule has 3 fully saturated rings. The van der Waals surface area contributed by atoms with Gasteiger partial charge >= 0.3 is 0 Å². The smallest absolute Gasteiger partial charge is 0.0591 e. The summed E-state index contributed by atoms with van der Waals surface area (Å²) in [6.45, 7) is 2.98. The van der Waals surface area contributed by atoms with Crippen molar-refractivity contribution in [2.24, 2.45) is 17.8 Å². The first-order chi connectivity index (χ1) is 8.43. The SMILES string of the molecule is C1CC(CCOCCNC(C2CC2)C2CC2)C1. The van der Waals surface area contributed by atoms with Gasteiger partial charge in [0.25, 0.3) is 0 Å². The van der Waals surface area contributed by atoms with Gasteiger partial charge in [-0.1, -0.05) is 19.3 Å². The summed E-state index contributed by atoms with van der Waals surface area (Å²) in [5, 5.41) is 3.73. The lowest BCUT2D eigenvalue weighted by Gasteiger charge is -2.25. The molecule has 0 aromatic heterocycles. The van der Waals surface area contributed by atoms with Crippen molar-refractivity contribution in [2.75, 3.05) is 19.8 Å². The van der Waals surface area contributed by atoms with E-state index in [9.17, 15) is 0 Å². The molecule has 0 saturated heterocycles. The van der Waals surface area contributed by atoms with Gasteiger partial charge in [0, 0.05) is 19.2 Å². The minimum absolute atomic E-state index is 0.838. The monoisotopic (exact) mass is 237 g/mol. The molecule has 3 saturated carbocycles. The molecule has 0 heterocycles. The van der Waals surface area contributed by atoms with E-state index in [1.807, 2.05) is 0 Å². The number of hydrogen-bond donors (Lipinski definition) is 1. The van der Waals surface area contributed by atoms with Gasteiger partial charge in [-0.2, -0.15) is 0 Å². The Morgan fingerprint density at radius 2 is 1.65 bits per heavy atom. The summed E-state index contributed by atoms with van der Waals surface area (Å²) < 4.78 is 5.73. The fraction of sp³-hybridized carbons (Fsp3) is 1.00. The molecule has 98 valence electrons. The molecule has 0 bridgehead atoms. The van der Waals surface area contributed by atoms with E-state index in [1.165, 1.54) is 51.4 Å². The van der Waals surface area contributed by atoms with Crippen molar-refractivity contribution < 1.29 is 4.74 Å². The summed E-state index contributed by atoms with van der Waals surface area (Å²) in [4.78, 5) is 0. The van der Waals surface area contributed by atoms with Crippen LogP contribution in [0.2, 0.25) is 0 Å². The van der Waals surface area contributed by atoms with E-state index in [4.69, 9.17) is 4.74 Å². The van der Waals surface area contributed by atoms with Gasteiger partial charge in [0.05, 0.1) is 6.61 Å². The standard InChI is InChI=1S/C15H27NO/c1-2-12(3-1)8-10-17-11-9-16-15(13-4-5-13)14-6-7-14/h12-16H,1-11H2. The highest BCUT2D eigenvalue weighted by atomic mass is 16.5. The van der Waals surface area contributed by atoms with Gasteiger partial charge in [0.2, 0.25) is 0 Å². The van der Waals surface area contributed by atoms with E-state index in [0.717, 1.165) is 43.6 Å². The molecule has 3 rings (SSSR count). The normalized spacial score (nSPS) is 25.2. The lowest BCUT2D eigenvalue weighted by atomic mass is 9.83. The molecule has 0 radical (unpaired) electrons. The van der Waals surface area contributed by atoms with Crippen LogP contribution in [0.1, 0.15) is 51.4 Å². The maximum Gasteiger partial charge on any atom is 0.0591 e. The Kier molecular flexibility index (Phi) is 4.02. The Bertz CT molecular complexity index is 219. The first-order valence-electron chi connectivity index (χ1n) is 7.74. The van der Waals surface area contributed by atoms with Crippen LogP contribution in [-0.2, 0) is 4.74 Å². The highest BCUT2D eigenvalue weighted by Crippen LogP contribution is 2.44. The third-order valence-electron chi connectivity index (χ3n) is 4.78. The molecule has 3 aliphatic rings. The molecule has 2 nitrogen and oxygen atoms in total. The third-order valence-corrected chi connectivity index (χ3v) is 4.78. The lowest BCUT2D eigenvalue weighted by Crippen LogP contribution is -2.35. The van der Waals surface area contributed by atoms with E-state index >= 15 is 0 Å². The van der Waals surface area contributed by atoms with E-state index in [2.05, 4.69) is 5.32 Å². The molecule has 3 aliphatic carbocycles. The van der Waals surface area contributed by atoms with Crippen LogP contribution in [0.3, 0.4) is 0 Å². The van der Waals surface area contributed by atoms with E-state index in [0.29, 0.717) is 0 Å². The molecule has 1 N–H and O–H groups in total. The van der Waals surface area contributed by atoms with Crippen LogP contribution in [0.5, 0.6) is 0 Å². The topological polar surface area (TPSA) is 21.3 Å². The second kappa shape index (κ2) is 5.71. The Hall–Kier alpha value is -0.0800. The second-order valence-electron chi connectivity index (χ2n) is 6.35. The first kappa shape index (κ1) is 12.0. The number of ether oxygens (including phenoxy) is 1. The van der Waals surface area contributed by atoms with Gasteiger partial charge in [-0.3, -0.25) is 0 Å². The van der Waals surface area contributed by atoms with Gasteiger partial charge in [-0.05, 0) is 49.9 Å². The van der Waals surface area contributed by atoms with Crippen molar-refractivity contribution in [3.63, 3.8) is 0 Å². The van der Waals surface area contributed by atoms with Crippen LogP contribution >= 0.6 is 0 Å². The van der Waals surface area contributed by atoms with Gasteiger partial charge in [0.15, 0.2) is 0 Å². The summed E-state index contributed by atoms with van der Waals surface area (Å²) in [7, 11) is 0. The van der Waals surface area contributed by atoms with Crippen molar-refractivity contribution >= 4 is 0 Å². The summed E-state index contributed by atoms with van der Waals surface area (Å²) >= 11 is 0. The molecule has 0 aromatic carbocycles. The van der Waals surface area contributed by atoms with Crippen molar-refractivity contribution in [3.05, 3.63) is 0 Å². The molecular weight excluding hydrogens is 210 g/mol. The summed E-state index contributed by atoms with van der Waals surface area (Å²) in [6.07, 6.45) is 11.5. The minimum atomic E-state index is 0.838. The Morgan fingerprint density at radius 1 is 0.941 bits per heavy atom. The zero-order chi connectivity index (χ0) is 11.5. The zero-order valence-corrected chi connectivity index (χ0v) is 11.0. The molecule has 0 spiro atoms. The Labute approximate surface area is 105 Å². The van der Waals surface area contributed by atoms with E-state index < -0.39 is 0 Å². The van der Waals surface area contributed by atoms with E-state index in [-0.39, 0.29) is 0 Å². The van der Waals surface area contributed by atoms with E-state index in [1.54, 1.807) is 0 Å². The predicted molar refractivity (Wildman–Crippen MR) is 70.0 cm³/mol. The number of hydrogen-bond acceptors (Lipinski definition) is 2. The van der Waals surface area contributed by atoms with Crippen molar-refractivity contribution in [1.29, 1.82) is 0 Å². The van der Waals surface area contributed by atoms with Crippen LogP contribution in [0.4, 0.5) is 0 Å². The minimum Gasteiger partial charge on any atom is -0.380 e. The average molecular weight is 237 g/mol. The van der Waals surface area contributed by atoms with Crippen LogP contribution in [-0.4, -0.2) is 25.8 Å². The summed E-state index contributed by atoms with van der Waals surface area (Å²) in [6, 6.07) is 0.838. The molecule has 0 aromatic rings. The maximum absolute atomic E-state index is 5.73. The average Bonchev–Trinajstić information content (AvgIpc) is 3.13. The highest BCUT2D eigenvalue weighted by Gasteiger charge is 2.40. The quantitative estimate of drug-likeness (QED) is 0.623. The molecule has 0 atom stereocenters. The maximum atomic E-state index is 5.73. The Balaban J connectivity index is 1.19. The molecule has 0 amide bonds. The fourth-order valence-corrected chi connectivity index (χ4v) is 3.06. The fourth-order valence-electron chi connectivity index (χ4n) is 3.06. The van der Waals surface area contributed by atoms with Gasteiger partial charge in [-0.25, -0.2) is 0 Å². The molecule has 2 heteroatoms. The largest absolute Gasteiger partial charge is 0.380 e. The zero-order valence-electron chi connectivity index (χ0n) is 11.0. The van der Waals surface area contributed by atoms with Crippen LogP contribution in [0, 0.1) is 17.8 Å². The van der Waals surface area contributed by atoms with Crippen molar-refractivity contribution in [2.45, 2.75) is 57.4 Å². The second-order valence-corrected chi connectivity index (χ2v) is 6.35. The molecule has 0 unspecified atom stereocenters. The summed E-state index contributed by atoms with van der Waals surface area (Å²) in [5.74, 6) is 3.02. The predicted octanol–water partition coefficient (Wildman–Crippen LogP) is 2.97. The summed E-state index contributed by atoms with van der Waals surface area (Å²) in [5.41, 5.74) is 0. The van der Waals surface area contributed by atoms with Crippen molar-refractivity contribution in [1.82, 2.24) is 5.32 Å². The van der Waals surface area contributed by atoms with Gasteiger partial charge in [0.1, 0.15) is 0 Å². The van der Waals surface area contributed by atoms with Crippen LogP contribution in [0.15, 0.2) is 0 Å². The number of nitrogens with one attached hydrogen (secondary N) is 1. The Morgan fingerprint density at radius 3 is 2.18 bits per heavy atom. The highest BCUT2D eigenvalue weighted by molar-refractivity contribution is 4.96. The van der Waals surface area contributed by atoms with Crippen molar-refractivity contribution in [3.8, 4) is 0 Å².